The van der Waals surface area contributed by atoms with Gasteiger partial charge < -0.3 is 10.5 Å². The molecule has 2 N–H and O–H groups in total. The van der Waals surface area contributed by atoms with E-state index < -0.39 is 0 Å². The zero-order valence-electron chi connectivity index (χ0n) is 11.0. The lowest BCUT2D eigenvalue weighted by atomic mass is 10.0. The second-order valence-electron chi connectivity index (χ2n) is 4.92. The first-order chi connectivity index (χ1) is 8.67. The number of rotatable bonds is 4. The molecule has 2 atom stereocenters. The Kier molecular flexibility index (Phi) is 4.19. The van der Waals surface area contributed by atoms with Crippen molar-refractivity contribution in [1.82, 2.24) is 4.90 Å². The molecule has 0 amide bonds. The molecule has 3 nitrogen and oxygen atoms in total. The fraction of sp³-hybridized carbons (Fsp3) is 0.571. The fourth-order valence-electron chi connectivity index (χ4n) is 2.69. The summed E-state index contributed by atoms with van der Waals surface area (Å²) >= 11 is 0. The quantitative estimate of drug-likeness (QED) is 0.892. The summed E-state index contributed by atoms with van der Waals surface area (Å²) < 4.78 is 19.3. The minimum Gasteiger partial charge on any atom is -0.496 e. The molecule has 4 heteroatoms. The number of nitrogens with zero attached hydrogens (tertiary/aromatic N) is 1. The lowest BCUT2D eigenvalue weighted by Gasteiger charge is -2.26. The Bertz CT molecular complexity index is 411. The maximum atomic E-state index is 14.0. The molecule has 2 unspecified atom stereocenters. The van der Waals surface area contributed by atoms with E-state index in [1.54, 1.807) is 13.2 Å². The number of hydrogen-bond acceptors (Lipinski definition) is 3. The standard InChI is InChI=1S/C14H21FN2O/c1-10(17-7-6-11(8-16)9-17)14-12(15)4-3-5-13(14)18-2/h3-5,10-11H,6-9,16H2,1-2H3. The molecule has 1 heterocycles. The van der Waals surface area contributed by atoms with Gasteiger partial charge in [-0.3, -0.25) is 4.90 Å². The van der Waals surface area contributed by atoms with Crippen LogP contribution >= 0.6 is 0 Å². The molecule has 0 aromatic heterocycles. The second-order valence-corrected chi connectivity index (χ2v) is 4.92. The monoisotopic (exact) mass is 252 g/mol. The zero-order valence-corrected chi connectivity index (χ0v) is 11.0. The van der Waals surface area contributed by atoms with Gasteiger partial charge in [-0.15, -0.1) is 0 Å². The van der Waals surface area contributed by atoms with E-state index in [4.69, 9.17) is 10.5 Å². The number of halogens is 1. The van der Waals surface area contributed by atoms with Crippen molar-refractivity contribution in [2.24, 2.45) is 11.7 Å². The fourth-order valence-corrected chi connectivity index (χ4v) is 2.69. The van der Waals surface area contributed by atoms with Crippen LogP contribution in [-0.4, -0.2) is 31.6 Å². The normalized spacial score (nSPS) is 22.1. The van der Waals surface area contributed by atoms with E-state index in [-0.39, 0.29) is 11.9 Å². The minimum absolute atomic E-state index is 0.0256. The molecule has 1 saturated heterocycles. The maximum absolute atomic E-state index is 14.0. The van der Waals surface area contributed by atoms with Crippen LogP contribution in [0.5, 0.6) is 5.75 Å². The predicted octanol–water partition coefficient (Wildman–Crippen LogP) is 2.18. The van der Waals surface area contributed by atoms with Crippen molar-refractivity contribution in [2.75, 3.05) is 26.7 Å². The van der Waals surface area contributed by atoms with Crippen LogP contribution in [0.2, 0.25) is 0 Å². The van der Waals surface area contributed by atoms with Crippen LogP contribution in [0.4, 0.5) is 4.39 Å². The van der Waals surface area contributed by atoms with Crippen LogP contribution in [-0.2, 0) is 0 Å². The predicted molar refractivity (Wildman–Crippen MR) is 70.1 cm³/mol. The van der Waals surface area contributed by atoms with Crippen molar-refractivity contribution in [3.63, 3.8) is 0 Å². The van der Waals surface area contributed by atoms with Gasteiger partial charge in [0, 0.05) is 18.2 Å². The van der Waals surface area contributed by atoms with Gasteiger partial charge in [-0.1, -0.05) is 6.07 Å². The molecular formula is C14H21FN2O. The molecule has 0 bridgehead atoms. The first-order valence-electron chi connectivity index (χ1n) is 6.44. The van der Waals surface area contributed by atoms with Crippen LogP contribution in [0.15, 0.2) is 18.2 Å². The number of methoxy groups -OCH3 is 1. The number of nitrogens with two attached hydrogens (primary N) is 1. The molecule has 1 fully saturated rings. The first-order valence-corrected chi connectivity index (χ1v) is 6.44. The van der Waals surface area contributed by atoms with Crippen molar-refractivity contribution in [2.45, 2.75) is 19.4 Å². The Labute approximate surface area is 108 Å². The van der Waals surface area contributed by atoms with Gasteiger partial charge in [-0.05, 0) is 44.5 Å². The van der Waals surface area contributed by atoms with Gasteiger partial charge in [-0.25, -0.2) is 4.39 Å². The highest BCUT2D eigenvalue weighted by Gasteiger charge is 2.28. The van der Waals surface area contributed by atoms with Crippen molar-refractivity contribution >= 4 is 0 Å². The Hall–Kier alpha value is -1.13. The van der Waals surface area contributed by atoms with E-state index in [0.717, 1.165) is 19.5 Å². The number of likely N-dealkylation sites (tertiary alicyclic amines) is 1. The van der Waals surface area contributed by atoms with Gasteiger partial charge >= 0.3 is 0 Å². The molecule has 18 heavy (non-hydrogen) atoms. The summed E-state index contributed by atoms with van der Waals surface area (Å²) in [4.78, 5) is 2.28. The molecule has 2 rings (SSSR count). The molecule has 0 spiro atoms. The summed E-state index contributed by atoms with van der Waals surface area (Å²) in [5, 5.41) is 0. The van der Waals surface area contributed by atoms with E-state index in [1.165, 1.54) is 6.07 Å². The van der Waals surface area contributed by atoms with Crippen molar-refractivity contribution < 1.29 is 9.13 Å². The third kappa shape index (κ3) is 2.49. The number of benzene rings is 1. The van der Waals surface area contributed by atoms with Crippen molar-refractivity contribution in [1.29, 1.82) is 0 Å². The third-order valence-electron chi connectivity index (χ3n) is 3.85. The summed E-state index contributed by atoms with van der Waals surface area (Å²) in [6, 6.07) is 5.01. The highest BCUT2D eigenvalue weighted by molar-refractivity contribution is 5.37. The smallest absolute Gasteiger partial charge is 0.131 e. The van der Waals surface area contributed by atoms with Crippen molar-refractivity contribution in [3.8, 4) is 5.75 Å². The molecule has 100 valence electrons. The molecule has 1 aliphatic rings. The van der Waals surface area contributed by atoms with Crippen molar-refractivity contribution in [3.05, 3.63) is 29.6 Å². The first kappa shape index (κ1) is 13.3. The number of ether oxygens (including phenoxy) is 1. The summed E-state index contributed by atoms with van der Waals surface area (Å²) in [7, 11) is 1.58. The van der Waals surface area contributed by atoms with Crippen LogP contribution < -0.4 is 10.5 Å². The van der Waals surface area contributed by atoms with E-state index in [0.29, 0.717) is 23.8 Å². The van der Waals surface area contributed by atoms with E-state index in [2.05, 4.69) is 4.90 Å². The molecule has 0 radical (unpaired) electrons. The van der Waals surface area contributed by atoms with Crippen LogP contribution in [0.3, 0.4) is 0 Å². The topological polar surface area (TPSA) is 38.5 Å². The molecular weight excluding hydrogens is 231 g/mol. The van der Waals surface area contributed by atoms with Crippen LogP contribution in [0, 0.1) is 11.7 Å². The van der Waals surface area contributed by atoms with E-state index in [1.807, 2.05) is 13.0 Å². The molecule has 1 aromatic carbocycles. The highest BCUT2D eigenvalue weighted by Crippen LogP contribution is 2.34. The van der Waals surface area contributed by atoms with Crippen LogP contribution in [0.25, 0.3) is 0 Å². The van der Waals surface area contributed by atoms with E-state index >= 15 is 0 Å². The molecule has 1 aliphatic heterocycles. The lowest BCUT2D eigenvalue weighted by Crippen LogP contribution is -2.27. The average molecular weight is 252 g/mol. The summed E-state index contributed by atoms with van der Waals surface area (Å²) in [5.74, 6) is 0.960. The Morgan fingerprint density at radius 3 is 2.94 bits per heavy atom. The molecule has 1 aromatic rings. The van der Waals surface area contributed by atoms with Gasteiger partial charge in [0.05, 0.1) is 7.11 Å². The second kappa shape index (κ2) is 5.67. The molecule has 0 aliphatic carbocycles. The average Bonchev–Trinajstić information content (AvgIpc) is 2.86. The Morgan fingerprint density at radius 1 is 1.56 bits per heavy atom. The van der Waals surface area contributed by atoms with Crippen LogP contribution in [0.1, 0.15) is 24.9 Å². The van der Waals surface area contributed by atoms with E-state index in [9.17, 15) is 4.39 Å². The Balaban J connectivity index is 2.21. The minimum atomic E-state index is -0.196. The number of hydrogen-bond donors (Lipinski definition) is 1. The Morgan fingerprint density at radius 2 is 2.33 bits per heavy atom. The SMILES string of the molecule is COc1cccc(F)c1C(C)N1CCC(CN)C1. The lowest BCUT2D eigenvalue weighted by molar-refractivity contribution is 0.242. The largest absolute Gasteiger partial charge is 0.496 e. The summed E-state index contributed by atoms with van der Waals surface area (Å²) in [6.45, 7) is 4.65. The van der Waals surface area contributed by atoms with Gasteiger partial charge in [0.2, 0.25) is 0 Å². The summed E-state index contributed by atoms with van der Waals surface area (Å²) in [6.07, 6.45) is 1.09. The summed E-state index contributed by atoms with van der Waals surface area (Å²) in [5.41, 5.74) is 6.35. The maximum Gasteiger partial charge on any atom is 0.131 e. The highest BCUT2D eigenvalue weighted by atomic mass is 19.1. The molecule has 0 saturated carbocycles. The zero-order chi connectivity index (χ0) is 13.1. The van der Waals surface area contributed by atoms with Gasteiger partial charge in [0.25, 0.3) is 0 Å². The van der Waals surface area contributed by atoms with Gasteiger partial charge in [0.1, 0.15) is 11.6 Å². The third-order valence-corrected chi connectivity index (χ3v) is 3.85. The van der Waals surface area contributed by atoms with Gasteiger partial charge in [0.15, 0.2) is 0 Å². The van der Waals surface area contributed by atoms with Gasteiger partial charge in [-0.2, -0.15) is 0 Å².